The highest BCUT2D eigenvalue weighted by molar-refractivity contribution is 9.10. The first kappa shape index (κ1) is 29.6. The SMILES string of the molecule is CC1=CC2CC1C1C(=O)N(c3ccc(-c4cc(C(=O)OC(C)C(=O)c5ccccc5)c5cc(Br)c(Cl)c(C)c5n4)cc3)C(=O)C21. The van der Waals surface area contributed by atoms with Gasteiger partial charge in [-0.1, -0.05) is 65.7 Å². The lowest BCUT2D eigenvalue weighted by molar-refractivity contribution is -0.123. The highest BCUT2D eigenvalue weighted by Crippen LogP contribution is 2.56. The van der Waals surface area contributed by atoms with Crippen molar-refractivity contribution in [1.29, 1.82) is 0 Å². The van der Waals surface area contributed by atoms with E-state index in [1.165, 1.54) is 10.5 Å². The lowest BCUT2D eigenvalue weighted by atomic mass is 9.82. The van der Waals surface area contributed by atoms with E-state index in [2.05, 4.69) is 22.0 Å². The van der Waals surface area contributed by atoms with Crippen molar-refractivity contribution in [3.63, 3.8) is 0 Å². The molecule has 9 heteroatoms. The molecule has 2 heterocycles. The Morgan fingerprint density at radius 3 is 2.40 bits per heavy atom. The molecule has 2 amide bonds. The molecule has 5 atom stereocenters. The Bertz CT molecular complexity index is 1970. The van der Waals surface area contributed by atoms with Gasteiger partial charge in [0, 0.05) is 21.0 Å². The normalized spacial score (nSPS) is 22.5. The molecule has 5 unspecified atom stereocenters. The standard InChI is InChI=1S/C36H28BrClN2O5/c1-17-13-22-14-24(17)30-29(22)34(42)40(35(30)43)23-11-9-20(10-12-23)28-16-26(25-15-27(37)31(38)18(2)32(25)39-28)36(44)45-19(3)33(41)21-7-5-4-6-8-21/h4-13,15-16,19,22,24,29-30H,14H2,1-3H3. The summed E-state index contributed by atoms with van der Waals surface area (Å²) < 4.78 is 6.28. The molecule has 2 aliphatic carbocycles. The number of hydrogen-bond acceptors (Lipinski definition) is 6. The first-order chi connectivity index (χ1) is 21.5. The van der Waals surface area contributed by atoms with E-state index >= 15 is 0 Å². The van der Waals surface area contributed by atoms with Gasteiger partial charge in [0.2, 0.25) is 17.6 Å². The topological polar surface area (TPSA) is 93.6 Å². The van der Waals surface area contributed by atoms with E-state index < -0.39 is 12.1 Å². The van der Waals surface area contributed by atoms with Gasteiger partial charge in [0.25, 0.3) is 0 Å². The number of carbonyl (C=O) groups is 4. The van der Waals surface area contributed by atoms with Crippen molar-refractivity contribution >= 4 is 67.7 Å². The first-order valence-corrected chi connectivity index (χ1v) is 16.0. The van der Waals surface area contributed by atoms with E-state index in [0.717, 1.165) is 6.42 Å². The first-order valence-electron chi connectivity index (χ1n) is 14.8. The minimum atomic E-state index is -1.02. The molecule has 0 spiro atoms. The lowest BCUT2D eigenvalue weighted by Gasteiger charge is -2.19. The predicted octanol–water partition coefficient (Wildman–Crippen LogP) is 7.76. The van der Waals surface area contributed by atoms with Crippen LogP contribution in [0, 0.1) is 30.6 Å². The monoisotopic (exact) mass is 682 g/mol. The molecule has 3 aliphatic rings. The van der Waals surface area contributed by atoms with E-state index in [1.54, 1.807) is 67.6 Å². The van der Waals surface area contributed by atoms with Crippen molar-refractivity contribution in [3.05, 3.63) is 105 Å². The van der Waals surface area contributed by atoms with Gasteiger partial charge >= 0.3 is 5.97 Å². The Hall–Kier alpha value is -4.14. The third kappa shape index (κ3) is 4.73. The molecule has 226 valence electrons. The average molecular weight is 684 g/mol. The Kier molecular flexibility index (Phi) is 7.25. The van der Waals surface area contributed by atoms with Gasteiger partial charge in [0.05, 0.1) is 39.3 Å². The molecule has 2 bridgehead atoms. The maximum atomic E-state index is 13.6. The van der Waals surface area contributed by atoms with Crippen molar-refractivity contribution in [2.24, 2.45) is 23.7 Å². The van der Waals surface area contributed by atoms with Gasteiger partial charge in [-0.3, -0.25) is 19.3 Å². The zero-order valence-electron chi connectivity index (χ0n) is 24.7. The van der Waals surface area contributed by atoms with Crippen LogP contribution in [-0.2, 0) is 14.3 Å². The Morgan fingerprint density at radius 1 is 1.00 bits per heavy atom. The fourth-order valence-electron chi connectivity index (χ4n) is 7.20. The van der Waals surface area contributed by atoms with Crippen LogP contribution in [0.4, 0.5) is 5.69 Å². The molecule has 0 radical (unpaired) electrons. The van der Waals surface area contributed by atoms with Crippen LogP contribution in [-0.4, -0.2) is 34.7 Å². The van der Waals surface area contributed by atoms with Crippen LogP contribution in [0.1, 0.15) is 46.5 Å². The summed E-state index contributed by atoms with van der Waals surface area (Å²) in [6.45, 7) is 5.41. The molecular formula is C36H28BrClN2O5. The number of rotatable bonds is 6. The molecule has 45 heavy (non-hydrogen) atoms. The molecule has 7 rings (SSSR count). The zero-order chi connectivity index (χ0) is 31.7. The summed E-state index contributed by atoms with van der Waals surface area (Å²) in [6, 6.07) is 19.0. The summed E-state index contributed by atoms with van der Waals surface area (Å²) in [4.78, 5) is 59.6. The fourth-order valence-corrected chi connectivity index (χ4v) is 7.87. The van der Waals surface area contributed by atoms with Crippen LogP contribution < -0.4 is 4.90 Å². The van der Waals surface area contributed by atoms with Crippen molar-refractivity contribution in [2.45, 2.75) is 33.3 Å². The summed E-state index contributed by atoms with van der Waals surface area (Å²) in [5.74, 6) is -1.57. The van der Waals surface area contributed by atoms with Crippen molar-refractivity contribution in [3.8, 4) is 11.3 Å². The largest absolute Gasteiger partial charge is 0.451 e. The zero-order valence-corrected chi connectivity index (χ0v) is 27.1. The van der Waals surface area contributed by atoms with Crippen LogP contribution in [0.5, 0.6) is 0 Å². The number of ether oxygens (including phenoxy) is 1. The smallest absolute Gasteiger partial charge is 0.339 e. The molecule has 1 saturated heterocycles. The van der Waals surface area contributed by atoms with Gasteiger partial charge in [-0.2, -0.15) is 0 Å². The summed E-state index contributed by atoms with van der Waals surface area (Å²) in [5.41, 5.74) is 4.70. The number of anilines is 1. The van der Waals surface area contributed by atoms with Crippen LogP contribution >= 0.6 is 27.5 Å². The maximum absolute atomic E-state index is 13.6. The minimum Gasteiger partial charge on any atom is -0.451 e. The molecule has 1 aromatic heterocycles. The van der Waals surface area contributed by atoms with E-state index in [4.69, 9.17) is 21.3 Å². The number of Topliss-reactive ketones (excluding diaryl/α,β-unsaturated/α-hetero) is 1. The average Bonchev–Trinajstić information content (AvgIpc) is 3.69. The third-order valence-corrected chi connectivity index (χ3v) is 10.8. The van der Waals surface area contributed by atoms with Crippen LogP contribution in [0.3, 0.4) is 0 Å². The van der Waals surface area contributed by atoms with Gasteiger partial charge in [-0.05, 0) is 84.8 Å². The fraction of sp³-hybridized carbons (Fsp3) is 0.250. The summed E-state index contributed by atoms with van der Waals surface area (Å²) in [6.07, 6.45) is 2.01. The molecule has 0 N–H and O–H groups in total. The van der Waals surface area contributed by atoms with E-state index in [1.807, 2.05) is 19.9 Å². The van der Waals surface area contributed by atoms with Gasteiger partial charge in [-0.25, -0.2) is 9.78 Å². The molecule has 4 aromatic rings. The van der Waals surface area contributed by atoms with E-state index in [9.17, 15) is 19.2 Å². The summed E-state index contributed by atoms with van der Waals surface area (Å²) in [5, 5.41) is 0.983. The number of pyridine rings is 1. The molecular weight excluding hydrogens is 656 g/mol. The minimum absolute atomic E-state index is 0.126. The van der Waals surface area contributed by atoms with Crippen molar-refractivity contribution in [1.82, 2.24) is 4.98 Å². The van der Waals surface area contributed by atoms with Crippen molar-refractivity contribution < 1.29 is 23.9 Å². The van der Waals surface area contributed by atoms with Crippen LogP contribution in [0.15, 0.2) is 82.9 Å². The molecule has 2 fully saturated rings. The number of amides is 2. The number of carbonyl (C=O) groups excluding carboxylic acids is 4. The van der Waals surface area contributed by atoms with Gasteiger partial charge in [0.15, 0.2) is 6.10 Å². The van der Waals surface area contributed by atoms with Gasteiger partial charge in [0.1, 0.15) is 0 Å². The third-order valence-electron chi connectivity index (χ3n) is 9.46. The molecule has 7 nitrogen and oxygen atoms in total. The Morgan fingerprint density at radius 2 is 1.69 bits per heavy atom. The lowest BCUT2D eigenvalue weighted by Crippen LogP contribution is -2.32. The molecule has 3 aromatic carbocycles. The number of aromatic nitrogens is 1. The van der Waals surface area contributed by atoms with Crippen molar-refractivity contribution in [2.75, 3.05) is 4.90 Å². The second-order valence-electron chi connectivity index (χ2n) is 12.1. The number of hydrogen-bond donors (Lipinski definition) is 0. The highest BCUT2D eigenvalue weighted by atomic mass is 79.9. The van der Waals surface area contributed by atoms with Gasteiger partial charge in [-0.15, -0.1) is 0 Å². The quantitative estimate of drug-likeness (QED) is 0.0893. The van der Waals surface area contributed by atoms with Crippen LogP contribution in [0.25, 0.3) is 22.2 Å². The number of allylic oxidation sites excluding steroid dienone is 2. The number of aryl methyl sites for hydroxylation is 1. The highest BCUT2D eigenvalue weighted by Gasteiger charge is 2.60. The molecule has 1 aliphatic heterocycles. The number of ketones is 1. The number of esters is 1. The van der Waals surface area contributed by atoms with E-state index in [-0.39, 0.29) is 46.8 Å². The number of nitrogens with zero attached hydrogens (tertiary/aromatic N) is 2. The second-order valence-corrected chi connectivity index (χ2v) is 13.3. The van der Waals surface area contributed by atoms with E-state index in [0.29, 0.717) is 48.5 Å². The predicted molar refractivity (Wildman–Crippen MR) is 175 cm³/mol. The number of halogens is 2. The number of benzene rings is 3. The number of imide groups is 1. The molecule has 1 saturated carbocycles. The van der Waals surface area contributed by atoms with Gasteiger partial charge < -0.3 is 4.74 Å². The number of fused-ring (bicyclic) bond motifs is 6. The Balaban J connectivity index is 1.22. The van der Waals surface area contributed by atoms with Crippen LogP contribution in [0.2, 0.25) is 5.02 Å². The second kappa shape index (κ2) is 11.0. The summed E-state index contributed by atoms with van der Waals surface area (Å²) >= 11 is 10.0. The Labute approximate surface area is 273 Å². The summed E-state index contributed by atoms with van der Waals surface area (Å²) in [7, 11) is 0. The maximum Gasteiger partial charge on any atom is 0.339 e.